The van der Waals surface area contributed by atoms with E-state index in [4.69, 9.17) is 4.98 Å². The van der Waals surface area contributed by atoms with Crippen LogP contribution in [0.1, 0.15) is 18.1 Å². The number of rotatable bonds is 4. The van der Waals surface area contributed by atoms with Gasteiger partial charge < -0.3 is 19.6 Å². The van der Waals surface area contributed by atoms with Crippen molar-refractivity contribution in [1.82, 2.24) is 20.1 Å². The number of aryl methyl sites for hydroxylation is 1. The Labute approximate surface area is 168 Å². The highest BCUT2D eigenvalue weighted by Gasteiger charge is 2.22. The summed E-state index contributed by atoms with van der Waals surface area (Å²) in [5.41, 5.74) is 4.09. The van der Waals surface area contributed by atoms with E-state index in [0.717, 1.165) is 70.7 Å². The van der Waals surface area contributed by atoms with E-state index in [2.05, 4.69) is 68.8 Å². The zero-order valence-corrected chi connectivity index (χ0v) is 17.3. The van der Waals surface area contributed by atoms with Crippen LogP contribution in [0.3, 0.4) is 0 Å². The Balaban J connectivity index is 1.40. The van der Waals surface area contributed by atoms with Gasteiger partial charge in [0.1, 0.15) is 0 Å². The molecular weight excluding hydrogens is 350 g/mol. The van der Waals surface area contributed by atoms with Crippen LogP contribution in [-0.2, 0) is 0 Å². The Hall–Kier alpha value is -2.41. The topological polar surface area (TPSA) is 51.6 Å². The van der Waals surface area contributed by atoms with E-state index in [0.29, 0.717) is 0 Å². The lowest BCUT2D eigenvalue weighted by atomic mass is 10.1. The highest BCUT2D eigenvalue weighted by atomic mass is 15.4. The fourth-order valence-corrected chi connectivity index (χ4v) is 4.09. The van der Waals surface area contributed by atoms with Gasteiger partial charge in [-0.2, -0.15) is 10.1 Å². The van der Waals surface area contributed by atoms with E-state index in [1.54, 1.807) is 6.20 Å². The molecule has 4 rings (SSSR count). The Morgan fingerprint density at radius 3 is 2.25 bits per heavy atom. The third-order valence-electron chi connectivity index (χ3n) is 6.16. The first kappa shape index (κ1) is 18.9. The Kier molecular flexibility index (Phi) is 5.62. The summed E-state index contributed by atoms with van der Waals surface area (Å²) in [5.74, 6) is 1.72. The van der Waals surface area contributed by atoms with Gasteiger partial charge in [-0.1, -0.05) is 19.1 Å². The van der Waals surface area contributed by atoms with Crippen molar-refractivity contribution >= 4 is 17.5 Å². The Morgan fingerprint density at radius 1 is 0.857 bits per heavy atom. The minimum Gasteiger partial charge on any atom is -0.368 e. The molecule has 2 fully saturated rings. The van der Waals surface area contributed by atoms with Gasteiger partial charge in [0.2, 0.25) is 5.95 Å². The smallest absolute Gasteiger partial charge is 0.247 e. The number of piperazine rings is 2. The molecule has 0 N–H and O–H groups in total. The van der Waals surface area contributed by atoms with Gasteiger partial charge in [-0.3, -0.25) is 0 Å². The second-order valence-corrected chi connectivity index (χ2v) is 7.73. The summed E-state index contributed by atoms with van der Waals surface area (Å²) in [6.07, 6.45) is 1.80. The van der Waals surface area contributed by atoms with Gasteiger partial charge in [-0.25, -0.2) is 0 Å². The molecule has 1 aromatic carbocycles. The van der Waals surface area contributed by atoms with Crippen molar-refractivity contribution < 1.29 is 0 Å². The number of aromatic nitrogens is 3. The van der Waals surface area contributed by atoms with Crippen LogP contribution in [0.2, 0.25) is 0 Å². The van der Waals surface area contributed by atoms with Crippen LogP contribution < -0.4 is 14.7 Å². The summed E-state index contributed by atoms with van der Waals surface area (Å²) in [6.45, 7) is 15.7. The highest BCUT2D eigenvalue weighted by Crippen LogP contribution is 2.25. The molecule has 2 saturated heterocycles. The lowest BCUT2D eigenvalue weighted by molar-refractivity contribution is 0.269. The third-order valence-corrected chi connectivity index (χ3v) is 6.16. The van der Waals surface area contributed by atoms with Crippen LogP contribution >= 0.6 is 0 Å². The zero-order chi connectivity index (χ0) is 19.5. The summed E-state index contributed by atoms with van der Waals surface area (Å²) in [6, 6.07) is 6.57. The molecule has 7 nitrogen and oxygen atoms in total. The third kappa shape index (κ3) is 3.90. The molecule has 2 aliphatic rings. The maximum Gasteiger partial charge on any atom is 0.247 e. The normalized spacial score (nSPS) is 18.6. The lowest BCUT2D eigenvalue weighted by Crippen LogP contribution is -2.48. The van der Waals surface area contributed by atoms with Crippen molar-refractivity contribution in [2.24, 2.45) is 0 Å². The van der Waals surface area contributed by atoms with Crippen molar-refractivity contribution in [3.05, 3.63) is 35.5 Å². The van der Waals surface area contributed by atoms with E-state index < -0.39 is 0 Å². The van der Waals surface area contributed by atoms with Crippen LogP contribution in [0.4, 0.5) is 17.5 Å². The van der Waals surface area contributed by atoms with Gasteiger partial charge in [0.25, 0.3) is 0 Å². The van der Waals surface area contributed by atoms with E-state index in [-0.39, 0.29) is 0 Å². The first-order valence-electron chi connectivity index (χ1n) is 10.4. The number of hydrogen-bond acceptors (Lipinski definition) is 7. The fraction of sp³-hybridized carbons (Fsp3) is 0.571. The summed E-state index contributed by atoms with van der Waals surface area (Å²) in [5, 5.41) is 8.56. The molecule has 150 valence electrons. The minimum absolute atomic E-state index is 0.769. The molecule has 0 aliphatic carbocycles. The molecule has 0 atom stereocenters. The molecule has 7 heteroatoms. The van der Waals surface area contributed by atoms with Crippen LogP contribution in [-0.4, -0.2) is 79.0 Å². The summed E-state index contributed by atoms with van der Waals surface area (Å²) in [7, 11) is 0. The quantitative estimate of drug-likeness (QED) is 0.802. The molecule has 0 bridgehead atoms. The lowest BCUT2D eigenvalue weighted by Gasteiger charge is -2.38. The van der Waals surface area contributed by atoms with Gasteiger partial charge in [0, 0.05) is 58.0 Å². The second kappa shape index (κ2) is 8.31. The fourth-order valence-electron chi connectivity index (χ4n) is 4.09. The van der Waals surface area contributed by atoms with Gasteiger partial charge in [-0.15, -0.1) is 5.10 Å². The second-order valence-electron chi connectivity index (χ2n) is 7.73. The van der Waals surface area contributed by atoms with Crippen LogP contribution in [0.15, 0.2) is 24.4 Å². The Bertz CT molecular complexity index is 793. The molecule has 0 saturated carbocycles. The molecule has 0 unspecified atom stereocenters. The van der Waals surface area contributed by atoms with Gasteiger partial charge in [0.15, 0.2) is 5.82 Å². The van der Waals surface area contributed by atoms with E-state index >= 15 is 0 Å². The molecule has 0 amide bonds. The van der Waals surface area contributed by atoms with Crippen molar-refractivity contribution in [3.8, 4) is 0 Å². The average Bonchev–Trinajstić information content (AvgIpc) is 2.76. The van der Waals surface area contributed by atoms with Crippen LogP contribution in [0, 0.1) is 13.8 Å². The number of benzene rings is 1. The SMILES string of the molecule is CCN1CCN(c2nncc(N3CCN(c4cccc(C)c4C)CC3)n2)CC1. The molecule has 28 heavy (non-hydrogen) atoms. The van der Waals surface area contributed by atoms with Gasteiger partial charge >= 0.3 is 0 Å². The van der Waals surface area contributed by atoms with Crippen molar-refractivity contribution in [2.45, 2.75) is 20.8 Å². The molecular formula is C21H31N7. The number of likely N-dealkylation sites (N-methyl/N-ethyl adjacent to an activating group) is 1. The highest BCUT2D eigenvalue weighted by molar-refractivity contribution is 5.57. The zero-order valence-electron chi connectivity index (χ0n) is 17.3. The monoisotopic (exact) mass is 381 g/mol. The number of anilines is 3. The first-order chi connectivity index (χ1) is 13.7. The largest absolute Gasteiger partial charge is 0.368 e. The standard InChI is InChI=1S/C21H31N7/c1-4-25-8-10-28(11-9-25)21-23-20(16-22-24-21)27-14-12-26(13-15-27)19-7-5-6-17(2)18(19)3/h5-7,16H,4,8-15H2,1-3H3. The van der Waals surface area contributed by atoms with Crippen molar-refractivity contribution in [2.75, 3.05) is 73.6 Å². The molecule has 2 aromatic rings. The van der Waals surface area contributed by atoms with E-state index in [9.17, 15) is 0 Å². The summed E-state index contributed by atoms with van der Waals surface area (Å²) >= 11 is 0. The number of nitrogens with zero attached hydrogens (tertiary/aromatic N) is 7. The van der Waals surface area contributed by atoms with E-state index in [1.807, 2.05) is 0 Å². The maximum absolute atomic E-state index is 4.84. The van der Waals surface area contributed by atoms with E-state index in [1.165, 1.54) is 16.8 Å². The molecule has 0 radical (unpaired) electrons. The predicted molar refractivity (Wildman–Crippen MR) is 114 cm³/mol. The van der Waals surface area contributed by atoms with Crippen molar-refractivity contribution in [3.63, 3.8) is 0 Å². The van der Waals surface area contributed by atoms with Crippen LogP contribution in [0.25, 0.3) is 0 Å². The van der Waals surface area contributed by atoms with Crippen LogP contribution in [0.5, 0.6) is 0 Å². The summed E-state index contributed by atoms with van der Waals surface area (Å²) < 4.78 is 0. The first-order valence-corrected chi connectivity index (χ1v) is 10.4. The summed E-state index contributed by atoms with van der Waals surface area (Å²) in [4.78, 5) is 14.4. The predicted octanol–water partition coefficient (Wildman–Crippen LogP) is 1.96. The maximum atomic E-state index is 4.84. The molecule has 0 spiro atoms. The molecule has 3 heterocycles. The minimum atomic E-state index is 0.769. The molecule has 1 aromatic heterocycles. The van der Waals surface area contributed by atoms with Gasteiger partial charge in [0.05, 0.1) is 6.20 Å². The number of hydrogen-bond donors (Lipinski definition) is 0. The average molecular weight is 382 g/mol. The van der Waals surface area contributed by atoms with Crippen molar-refractivity contribution in [1.29, 1.82) is 0 Å². The Morgan fingerprint density at radius 2 is 1.54 bits per heavy atom. The molecule has 2 aliphatic heterocycles. The van der Waals surface area contributed by atoms with Gasteiger partial charge in [-0.05, 0) is 37.6 Å².